The molecule has 36 heavy (non-hydrogen) atoms. The highest BCUT2D eigenvalue weighted by atomic mass is 33.1. The van der Waals surface area contributed by atoms with E-state index in [9.17, 15) is 14.4 Å². The predicted molar refractivity (Wildman–Crippen MR) is 147 cm³/mol. The maximum absolute atomic E-state index is 12.3. The number of carbonyl (C=O) groups is 2. The standard InChI is InChI=1S/C26H32N4O4S2/c1-18-20-10-9-19(27)16-22(20)34-26(33)21(18)17-24(32)29-13-6-3-2-5-12-28-23(31)11-15-35-36-25-8-4-7-14-30-25/h4,7-10,14,16H,2-3,5-6,11-13,15,17,27H2,1H3,(H,28,31)(H,29,32). The van der Waals surface area contributed by atoms with Crippen LogP contribution in [0, 0.1) is 6.92 Å². The molecule has 0 saturated carbocycles. The van der Waals surface area contributed by atoms with Gasteiger partial charge in [0.15, 0.2) is 0 Å². The number of nitrogen functional groups attached to an aromatic ring is 1. The first-order valence-corrected chi connectivity index (χ1v) is 14.3. The van der Waals surface area contributed by atoms with Crippen LogP contribution in [0.15, 0.2) is 56.8 Å². The summed E-state index contributed by atoms with van der Waals surface area (Å²) >= 11 is 0. The lowest BCUT2D eigenvalue weighted by Gasteiger charge is -2.09. The molecule has 0 saturated heterocycles. The van der Waals surface area contributed by atoms with Gasteiger partial charge in [0.05, 0.1) is 12.0 Å². The third-order valence-corrected chi connectivity index (χ3v) is 7.86. The third kappa shape index (κ3) is 8.91. The Morgan fingerprint density at radius 1 is 1.03 bits per heavy atom. The van der Waals surface area contributed by atoms with E-state index in [1.807, 2.05) is 25.1 Å². The van der Waals surface area contributed by atoms with Crippen LogP contribution < -0.4 is 22.0 Å². The number of nitrogens with one attached hydrogen (secondary N) is 2. The number of amides is 2. The lowest BCUT2D eigenvalue weighted by molar-refractivity contribution is -0.121. The molecule has 0 atom stereocenters. The number of aryl methyl sites for hydroxylation is 1. The van der Waals surface area contributed by atoms with Gasteiger partial charge < -0.3 is 20.8 Å². The third-order valence-electron chi connectivity index (χ3n) is 5.59. The van der Waals surface area contributed by atoms with Gasteiger partial charge in [-0.2, -0.15) is 0 Å². The van der Waals surface area contributed by atoms with Crippen LogP contribution in [0.3, 0.4) is 0 Å². The summed E-state index contributed by atoms with van der Waals surface area (Å²) in [6.07, 6.45) is 5.89. The van der Waals surface area contributed by atoms with Gasteiger partial charge in [-0.15, -0.1) is 0 Å². The molecule has 2 heterocycles. The number of nitrogens with two attached hydrogens (primary N) is 1. The van der Waals surface area contributed by atoms with E-state index in [4.69, 9.17) is 10.2 Å². The monoisotopic (exact) mass is 528 g/mol. The minimum Gasteiger partial charge on any atom is -0.422 e. The fraction of sp³-hybridized carbons (Fsp3) is 0.385. The number of aromatic nitrogens is 1. The number of nitrogens with zero attached hydrogens (tertiary/aromatic N) is 1. The first kappa shape index (κ1) is 27.6. The molecule has 0 spiro atoms. The quantitative estimate of drug-likeness (QED) is 0.123. The summed E-state index contributed by atoms with van der Waals surface area (Å²) in [5.41, 5.74) is 7.30. The van der Waals surface area contributed by atoms with E-state index in [-0.39, 0.29) is 18.2 Å². The van der Waals surface area contributed by atoms with Crippen molar-refractivity contribution in [3.05, 3.63) is 64.1 Å². The molecule has 0 aliphatic carbocycles. The molecule has 8 nitrogen and oxygen atoms in total. The Bertz CT molecular complexity index is 1220. The van der Waals surface area contributed by atoms with E-state index < -0.39 is 5.63 Å². The number of fused-ring (bicyclic) bond motifs is 1. The maximum atomic E-state index is 12.3. The Morgan fingerprint density at radius 2 is 1.78 bits per heavy atom. The Hall–Kier alpha value is -2.98. The summed E-state index contributed by atoms with van der Waals surface area (Å²) in [5, 5.41) is 7.55. The molecule has 10 heteroatoms. The van der Waals surface area contributed by atoms with Crippen LogP contribution >= 0.6 is 21.6 Å². The van der Waals surface area contributed by atoms with Crippen molar-refractivity contribution in [3.63, 3.8) is 0 Å². The smallest absolute Gasteiger partial charge is 0.340 e. The van der Waals surface area contributed by atoms with E-state index in [0.717, 1.165) is 47.4 Å². The molecule has 0 unspecified atom stereocenters. The van der Waals surface area contributed by atoms with E-state index in [2.05, 4.69) is 15.6 Å². The van der Waals surface area contributed by atoms with Crippen LogP contribution in [-0.2, 0) is 16.0 Å². The van der Waals surface area contributed by atoms with E-state index in [1.54, 1.807) is 46.0 Å². The van der Waals surface area contributed by atoms with Gasteiger partial charge in [-0.3, -0.25) is 9.59 Å². The molecular weight excluding hydrogens is 496 g/mol. The molecule has 2 aromatic heterocycles. The van der Waals surface area contributed by atoms with Gasteiger partial charge >= 0.3 is 5.63 Å². The summed E-state index contributed by atoms with van der Waals surface area (Å²) in [6.45, 7) is 3.02. The second-order valence-corrected chi connectivity index (χ2v) is 10.8. The van der Waals surface area contributed by atoms with Crippen molar-refractivity contribution in [2.24, 2.45) is 0 Å². The van der Waals surface area contributed by atoms with E-state index in [1.165, 1.54) is 0 Å². The highest BCUT2D eigenvalue weighted by Crippen LogP contribution is 2.29. The Balaban J connectivity index is 1.23. The SMILES string of the molecule is Cc1c(CC(=O)NCCCCCCNC(=O)CCSSc2ccccn2)c(=O)oc2cc(N)ccc12. The molecule has 0 aliphatic rings. The molecule has 1 aromatic carbocycles. The largest absolute Gasteiger partial charge is 0.422 e. The molecule has 3 rings (SSSR count). The Kier molecular flexibility index (Phi) is 11.2. The number of hydrogen-bond donors (Lipinski definition) is 3. The van der Waals surface area contributed by atoms with Crippen molar-refractivity contribution < 1.29 is 14.0 Å². The molecule has 0 bridgehead atoms. The normalized spacial score (nSPS) is 10.9. The fourth-order valence-corrected chi connectivity index (χ4v) is 5.49. The first-order valence-electron chi connectivity index (χ1n) is 12.0. The van der Waals surface area contributed by atoms with E-state index >= 15 is 0 Å². The minimum absolute atomic E-state index is 0.0147. The van der Waals surface area contributed by atoms with Gasteiger partial charge in [0.2, 0.25) is 11.8 Å². The maximum Gasteiger partial charge on any atom is 0.340 e. The molecule has 2 amide bonds. The van der Waals surface area contributed by atoms with Crippen LogP contribution in [0.1, 0.15) is 43.2 Å². The number of anilines is 1. The van der Waals surface area contributed by atoms with Gasteiger partial charge in [0.1, 0.15) is 10.6 Å². The molecule has 0 radical (unpaired) electrons. The molecule has 3 aromatic rings. The van der Waals surface area contributed by atoms with Gasteiger partial charge in [-0.1, -0.05) is 29.7 Å². The second kappa shape index (κ2) is 14.5. The van der Waals surface area contributed by atoms with Crippen LogP contribution in [0.2, 0.25) is 0 Å². The van der Waals surface area contributed by atoms with Crippen LogP contribution in [0.25, 0.3) is 11.0 Å². The molecule has 0 fully saturated rings. The number of hydrogen-bond acceptors (Lipinski definition) is 8. The number of rotatable bonds is 14. The van der Waals surface area contributed by atoms with Crippen molar-refractivity contribution >= 4 is 50.1 Å². The van der Waals surface area contributed by atoms with Gasteiger partial charge in [0.25, 0.3) is 0 Å². The Morgan fingerprint density at radius 3 is 2.50 bits per heavy atom. The van der Waals surface area contributed by atoms with Crippen molar-refractivity contribution in [2.75, 3.05) is 24.6 Å². The van der Waals surface area contributed by atoms with Crippen LogP contribution in [0.4, 0.5) is 5.69 Å². The zero-order valence-electron chi connectivity index (χ0n) is 20.4. The molecular formula is C26H32N4O4S2. The summed E-state index contributed by atoms with van der Waals surface area (Å²) in [5.74, 6) is 0.599. The number of benzene rings is 1. The molecule has 4 N–H and O–H groups in total. The second-order valence-electron chi connectivity index (χ2n) is 8.36. The van der Waals surface area contributed by atoms with Crippen LogP contribution in [0.5, 0.6) is 0 Å². The summed E-state index contributed by atoms with van der Waals surface area (Å²) in [7, 11) is 3.20. The van der Waals surface area contributed by atoms with Gasteiger partial charge in [0, 0.05) is 48.6 Å². The van der Waals surface area contributed by atoms with Crippen molar-refractivity contribution in [1.29, 1.82) is 0 Å². The highest BCUT2D eigenvalue weighted by Gasteiger charge is 2.15. The number of unbranched alkanes of at least 4 members (excludes halogenated alkanes) is 3. The zero-order chi connectivity index (χ0) is 25.8. The summed E-state index contributed by atoms with van der Waals surface area (Å²) in [6, 6.07) is 10.9. The molecule has 192 valence electrons. The lowest BCUT2D eigenvalue weighted by atomic mass is 10.0. The zero-order valence-corrected chi connectivity index (χ0v) is 22.0. The number of carbonyl (C=O) groups excluding carboxylic acids is 2. The molecule has 0 aliphatic heterocycles. The minimum atomic E-state index is -0.506. The first-order chi connectivity index (χ1) is 17.4. The van der Waals surface area contributed by atoms with Gasteiger partial charge in [-0.05, 0) is 60.4 Å². The topological polar surface area (TPSA) is 127 Å². The van der Waals surface area contributed by atoms with Crippen molar-refractivity contribution in [1.82, 2.24) is 15.6 Å². The van der Waals surface area contributed by atoms with Crippen molar-refractivity contribution in [2.45, 2.75) is 50.5 Å². The van der Waals surface area contributed by atoms with Crippen LogP contribution in [-0.4, -0.2) is 35.6 Å². The highest BCUT2D eigenvalue weighted by molar-refractivity contribution is 8.76. The van der Waals surface area contributed by atoms with E-state index in [0.29, 0.717) is 36.3 Å². The lowest BCUT2D eigenvalue weighted by Crippen LogP contribution is -2.28. The Labute approximate surface area is 218 Å². The summed E-state index contributed by atoms with van der Waals surface area (Å²) < 4.78 is 5.35. The van der Waals surface area contributed by atoms with Crippen molar-refractivity contribution in [3.8, 4) is 0 Å². The summed E-state index contributed by atoms with van der Waals surface area (Å²) in [4.78, 5) is 40.8. The average molecular weight is 529 g/mol. The predicted octanol–water partition coefficient (Wildman–Crippen LogP) is 4.24. The number of pyridine rings is 1. The fourth-order valence-electron chi connectivity index (χ4n) is 3.62. The average Bonchev–Trinajstić information content (AvgIpc) is 2.86. The van der Waals surface area contributed by atoms with Gasteiger partial charge in [-0.25, -0.2) is 9.78 Å².